The molecule has 0 saturated carbocycles. The van der Waals surface area contributed by atoms with E-state index in [1.807, 2.05) is 11.8 Å². The Labute approximate surface area is 129 Å². The van der Waals surface area contributed by atoms with Crippen LogP contribution in [0, 0.1) is 6.92 Å². The SMILES string of the molecule is CCCNCc1ccc(SCCN(CC)CC)c(C)c1. The largest absolute Gasteiger partial charge is 0.313 e. The Morgan fingerprint density at radius 3 is 2.50 bits per heavy atom. The van der Waals surface area contributed by atoms with Crippen molar-refractivity contribution in [1.29, 1.82) is 0 Å². The summed E-state index contributed by atoms with van der Waals surface area (Å²) in [5, 5.41) is 3.46. The molecule has 0 aliphatic rings. The maximum absolute atomic E-state index is 3.46. The average molecular weight is 295 g/mol. The molecule has 0 atom stereocenters. The van der Waals surface area contributed by atoms with Crippen molar-refractivity contribution in [2.45, 2.75) is 45.6 Å². The van der Waals surface area contributed by atoms with Gasteiger partial charge in [-0.25, -0.2) is 0 Å². The molecule has 2 nitrogen and oxygen atoms in total. The Balaban J connectivity index is 2.43. The van der Waals surface area contributed by atoms with Crippen molar-refractivity contribution in [2.24, 2.45) is 0 Å². The van der Waals surface area contributed by atoms with Gasteiger partial charge in [0, 0.05) is 23.7 Å². The highest BCUT2D eigenvalue weighted by molar-refractivity contribution is 7.99. The summed E-state index contributed by atoms with van der Waals surface area (Å²) >= 11 is 1.98. The van der Waals surface area contributed by atoms with E-state index in [0.29, 0.717) is 0 Å². The van der Waals surface area contributed by atoms with Crippen LogP contribution in [0.3, 0.4) is 0 Å². The van der Waals surface area contributed by atoms with E-state index in [-0.39, 0.29) is 0 Å². The van der Waals surface area contributed by atoms with Crippen molar-refractivity contribution in [3.05, 3.63) is 29.3 Å². The van der Waals surface area contributed by atoms with Gasteiger partial charge in [-0.1, -0.05) is 32.9 Å². The third-order valence-corrected chi connectivity index (χ3v) is 4.71. The smallest absolute Gasteiger partial charge is 0.0205 e. The van der Waals surface area contributed by atoms with E-state index in [0.717, 1.165) is 26.2 Å². The third kappa shape index (κ3) is 6.29. The van der Waals surface area contributed by atoms with Gasteiger partial charge in [0.05, 0.1) is 0 Å². The first kappa shape index (κ1) is 17.5. The van der Waals surface area contributed by atoms with Gasteiger partial charge in [0.1, 0.15) is 0 Å². The quantitative estimate of drug-likeness (QED) is 0.520. The molecule has 114 valence electrons. The first-order valence-corrected chi connectivity index (χ1v) is 8.85. The lowest BCUT2D eigenvalue weighted by Crippen LogP contribution is -2.25. The molecule has 0 aromatic heterocycles. The zero-order valence-corrected chi connectivity index (χ0v) is 14.4. The second-order valence-electron chi connectivity index (χ2n) is 5.15. The number of thioether (sulfide) groups is 1. The topological polar surface area (TPSA) is 15.3 Å². The number of hydrogen-bond acceptors (Lipinski definition) is 3. The fourth-order valence-electron chi connectivity index (χ4n) is 2.22. The van der Waals surface area contributed by atoms with E-state index in [4.69, 9.17) is 0 Å². The van der Waals surface area contributed by atoms with Gasteiger partial charge in [-0.2, -0.15) is 0 Å². The van der Waals surface area contributed by atoms with Crippen LogP contribution in [0.15, 0.2) is 23.1 Å². The van der Waals surface area contributed by atoms with E-state index in [1.54, 1.807) is 0 Å². The van der Waals surface area contributed by atoms with Gasteiger partial charge >= 0.3 is 0 Å². The zero-order valence-electron chi connectivity index (χ0n) is 13.5. The molecule has 0 aliphatic heterocycles. The fourth-order valence-corrected chi connectivity index (χ4v) is 3.24. The van der Waals surface area contributed by atoms with Crippen molar-refractivity contribution in [3.8, 4) is 0 Å². The van der Waals surface area contributed by atoms with Crippen LogP contribution in [-0.4, -0.2) is 36.8 Å². The molecule has 1 aromatic rings. The molecular weight excluding hydrogens is 264 g/mol. The minimum absolute atomic E-state index is 0.985. The van der Waals surface area contributed by atoms with Crippen LogP contribution in [0.5, 0.6) is 0 Å². The van der Waals surface area contributed by atoms with E-state index in [2.05, 4.69) is 56.1 Å². The van der Waals surface area contributed by atoms with Gasteiger partial charge in [-0.15, -0.1) is 11.8 Å². The molecule has 0 radical (unpaired) electrons. The predicted molar refractivity (Wildman–Crippen MR) is 91.7 cm³/mol. The van der Waals surface area contributed by atoms with Crippen LogP contribution in [0.25, 0.3) is 0 Å². The second-order valence-corrected chi connectivity index (χ2v) is 6.29. The average Bonchev–Trinajstić information content (AvgIpc) is 2.46. The van der Waals surface area contributed by atoms with Crippen LogP contribution in [0.4, 0.5) is 0 Å². The van der Waals surface area contributed by atoms with Crippen molar-refractivity contribution in [1.82, 2.24) is 10.2 Å². The molecule has 1 aromatic carbocycles. The molecule has 0 spiro atoms. The Hall–Kier alpha value is -0.510. The van der Waals surface area contributed by atoms with Crippen molar-refractivity contribution < 1.29 is 0 Å². The summed E-state index contributed by atoms with van der Waals surface area (Å²) in [4.78, 5) is 3.90. The first-order chi connectivity index (χ1) is 9.71. The van der Waals surface area contributed by atoms with Gasteiger partial charge < -0.3 is 10.2 Å². The normalized spacial score (nSPS) is 11.2. The summed E-state index contributed by atoms with van der Waals surface area (Å²) in [6.07, 6.45) is 1.19. The van der Waals surface area contributed by atoms with Crippen molar-refractivity contribution in [2.75, 3.05) is 31.9 Å². The van der Waals surface area contributed by atoms with E-state index >= 15 is 0 Å². The third-order valence-electron chi connectivity index (χ3n) is 3.55. The Morgan fingerprint density at radius 2 is 1.90 bits per heavy atom. The Kier molecular flexibility index (Phi) is 8.99. The summed E-state index contributed by atoms with van der Waals surface area (Å²) in [5.41, 5.74) is 2.80. The maximum Gasteiger partial charge on any atom is 0.0205 e. The number of hydrogen-bond donors (Lipinski definition) is 1. The van der Waals surface area contributed by atoms with Gasteiger partial charge in [-0.3, -0.25) is 0 Å². The van der Waals surface area contributed by atoms with Crippen LogP contribution < -0.4 is 5.32 Å². The lowest BCUT2D eigenvalue weighted by atomic mass is 10.1. The van der Waals surface area contributed by atoms with E-state index in [1.165, 1.54) is 34.7 Å². The monoisotopic (exact) mass is 294 g/mol. The highest BCUT2D eigenvalue weighted by Gasteiger charge is 2.03. The second kappa shape index (κ2) is 10.3. The molecule has 0 saturated heterocycles. The standard InChI is InChI=1S/C17H30N2S/c1-5-10-18-14-16-8-9-17(15(4)13-16)20-12-11-19(6-2)7-3/h8-9,13,18H,5-7,10-12,14H2,1-4H3. The first-order valence-electron chi connectivity index (χ1n) is 7.86. The van der Waals surface area contributed by atoms with Gasteiger partial charge in [-0.05, 0) is 50.2 Å². The Morgan fingerprint density at radius 1 is 1.15 bits per heavy atom. The lowest BCUT2D eigenvalue weighted by molar-refractivity contribution is 0.324. The van der Waals surface area contributed by atoms with Gasteiger partial charge in [0.25, 0.3) is 0 Å². The summed E-state index contributed by atoms with van der Waals surface area (Å²) in [6.45, 7) is 14.5. The molecule has 1 rings (SSSR count). The van der Waals surface area contributed by atoms with Gasteiger partial charge in [0.15, 0.2) is 0 Å². The summed E-state index contributed by atoms with van der Waals surface area (Å²) < 4.78 is 0. The van der Waals surface area contributed by atoms with Crippen molar-refractivity contribution in [3.63, 3.8) is 0 Å². The molecular formula is C17H30N2S. The zero-order chi connectivity index (χ0) is 14.8. The van der Waals surface area contributed by atoms with Crippen LogP contribution >= 0.6 is 11.8 Å². The maximum atomic E-state index is 3.46. The summed E-state index contributed by atoms with van der Waals surface area (Å²) in [7, 11) is 0. The van der Waals surface area contributed by atoms with E-state index in [9.17, 15) is 0 Å². The molecule has 3 heteroatoms. The molecule has 0 bridgehead atoms. The number of nitrogens with zero attached hydrogens (tertiary/aromatic N) is 1. The number of nitrogens with one attached hydrogen (secondary N) is 1. The number of benzene rings is 1. The highest BCUT2D eigenvalue weighted by Crippen LogP contribution is 2.23. The molecule has 0 fully saturated rings. The number of aryl methyl sites for hydroxylation is 1. The molecule has 0 aliphatic carbocycles. The van der Waals surface area contributed by atoms with Gasteiger partial charge in [0.2, 0.25) is 0 Å². The van der Waals surface area contributed by atoms with E-state index < -0.39 is 0 Å². The summed E-state index contributed by atoms with van der Waals surface area (Å²) in [6, 6.07) is 6.86. The molecule has 20 heavy (non-hydrogen) atoms. The Bertz CT molecular complexity index is 375. The summed E-state index contributed by atoms with van der Waals surface area (Å²) in [5.74, 6) is 1.18. The molecule has 0 heterocycles. The molecule has 0 unspecified atom stereocenters. The highest BCUT2D eigenvalue weighted by atomic mass is 32.2. The lowest BCUT2D eigenvalue weighted by Gasteiger charge is -2.17. The fraction of sp³-hybridized carbons (Fsp3) is 0.647. The van der Waals surface area contributed by atoms with Crippen LogP contribution in [0.1, 0.15) is 38.3 Å². The van der Waals surface area contributed by atoms with Crippen molar-refractivity contribution >= 4 is 11.8 Å². The predicted octanol–water partition coefficient (Wildman–Crippen LogP) is 3.93. The minimum atomic E-state index is 0.985. The minimum Gasteiger partial charge on any atom is -0.313 e. The van der Waals surface area contributed by atoms with Crippen LogP contribution in [-0.2, 0) is 6.54 Å². The molecule has 0 amide bonds. The number of rotatable bonds is 10. The molecule has 1 N–H and O–H groups in total. The van der Waals surface area contributed by atoms with Crippen LogP contribution in [0.2, 0.25) is 0 Å².